The van der Waals surface area contributed by atoms with Crippen molar-refractivity contribution in [3.63, 3.8) is 0 Å². The molecule has 8 heteroatoms. The summed E-state index contributed by atoms with van der Waals surface area (Å²) in [5.41, 5.74) is 11.9. The summed E-state index contributed by atoms with van der Waals surface area (Å²) in [7, 11) is 1.87. The standard InChI is InChI=1S/C26H23F2N5S/c1-33-15-19(14-31-33)16-2-7-26(30-13-16)24(12-29)18-8-17(23-6-3-20(27)11-25(23)28)9-21(10-18)32-34-22-4-5-22/h2-3,6-15,22,32H,4-5,29H2,1H3. The maximum atomic E-state index is 14.6. The molecule has 1 fully saturated rings. The molecule has 5 rings (SSSR count). The lowest BCUT2D eigenvalue weighted by Crippen LogP contribution is -1.99. The van der Waals surface area contributed by atoms with Crippen LogP contribution in [-0.4, -0.2) is 20.0 Å². The highest BCUT2D eigenvalue weighted by Gasteiger charge is 2.22. The minimum Gasteiger partial charge on any atom is -0.404 e. The first kappa shape index (κ1) is 22.2. The fourth-order valence-electron chi connectivity index (χ4n) is 3.68. The monoisotopic (exact) mass is 475 g/mol. The predicted molar refractivity (Wildman–Crippen MR) is 134 cm³/mol. The van der Waals surface area contributed by atoms with Crippen molar-refractivity contribution in [2.75, 3.05) is 4.72 Å². The average molecular weight is 476 g/mol. The molecule has 0 spiro atoms. The summed E-state index contributed by atoms with van der Waals surface area (Å²) in [4.78, 5) is 4.62. The smallest absolute Gasteiger partial charge is 0.133 e. The molecule has 0 aliphatic heterocycles. The summed E-state index contributed by atoms with van der Waals surface area (Å²) in [6.45, 7) is 0. The number of nitrogens with one attached hydrogen (secondary N) is 1. The second-order valence-corrected chi connectivity index (χ2v) is 9.36. The van der Waals surface area contributed by atoms with E-state index in [0.717, 1.165) is 28.4 Å². The van der Waals surface area contributed by atoms with Gasteiger partial charge in [0.15, 0.2) is 0 Å². The molecule has 0 unspecified atom stereocenters. The molecule has 4 aromatic rings. The molecule has 0 amide bonds. The molecule has 34 heavy (non-hydrogen) atoms. The molecular weight excluding hydrogens is 452 g/mol. The number of anilines is 1. The highest BCUT2D eigenvalue weighted by atomic mass is 32.2. The van der Waals surface area contributed by atoms with Gasteiger partial charge in [0.25, 0.3) is 0 Å². The van der Waals surface area contributed by atoms with E-state index in [1.54, 1.807) is 29.0 Å². The quantitative estimate of drug-likeness (QED) is 0.321. The number of benzene rings is 2. The normalized spacial score (nSPS) is 13.8. The lowest BCUT2D eigenvalue weighted by Gasteiger charge is -2.14. The van der Waals surface area contributed by atoms with Crippen LogP contribution in [0.4, 0.5) is 14.5 Å². The van der Waals surface area contributed by atoms with E-state index in [4.69, 9.17) is 5.73 Å². The molecule has 2 aromatic carbocycles. The Morgan fingerprint density at radius 2 is 1.91 bits per heavy atom. The third-order valence-corrected chi connectivity index (χ3v) is 6.76. The van der Waals surface area contributed by atoms with E-state index in [9.17, 15) is 8.78 Å². The van der Waals surface area contributed by atoms with Gasteiger partial charge < -0.3 is 10.5 Å². The Morgan fingerprint density at radius 1 is 1.06 bits per heavy atom. The van der Waals surface area contributed by atoms with Gasteiger partial charge in [0.2, 0.25) is 0 Å². The fraction of sp³-hybridized carbons (Fsp3) is 0.154. The highest BCUT2D eigenvalue weighted by Crippen LogP contribution is 2.37. The van der Waals surface area contributed by atoms with E-state index in [2.05, 4.69) is 14.8 Å². The van der Waals surface area contributed by atoms with Gasteiger partial charge in [-0.25, -0.2) is 8.78 Å². The van der Waals surface area contributed by atoms with Crippen LogP contribution in [0.15, 0.2) is 73.3 Å². The molecular formula is C26H23F2N5S. The molecule has 2 heterocycles. The Labute approximate surface area is 200 Å². The van der Waals surface area contributed by atoms with Crippen molar-refractivity contribution in [3.8, 4) is 22.3 Å². The summed E-state index contributed by atoms with van der Waals surface area (Å²) >= 11 is 1.65. The highest BCUT2D eigenvalue weighted by molar-refractivity contribution is 8.01. The molecule has 0 atom stereocenters. The van der Waals surface area contributed by atoms with Crippen molar-refractivity contribution >= 4 is 23.2 Å². The second kappa shape index (κ2) is 9.30. The lowest BCUT2D eigenvalue weighted by molar-refractivity contribution is 0.585. The summed E-state index contributed by atoms with van der Waals surface area (Å²) in [5.74, 6) is -1.23. The molecule has 3 N–H and O–H groups in total. The zero-order valence-corrected chi connectivity index (χ0v) is 19.3. The van der Waals surface area contributed by atoms with Gasteiger partial charge in [-0.15, -0.1) is 0 Å². The molecule has 1 aliphatic carbocycles. The van der Waals surface area contributed by atoms with Gasteiger partial charge in [0, 0.05) is 64.9 Å². The van der Waals surface area contributed by atoms with Gasteiger partial charge in [0.05, 0.1) is 11.9 Å². The Kier molecular flexibility index (Phi) is 6.06. The Hall–Kier alpha value is -3.65. The van der Waals surface area contributed by atoms with Crippen molar-refractivity contribution in [3.05, 3.63) is 96.2 Å². The van der Waals surface area contributed by atoms with Crippen LogP contribution >= 0.6 is 11.9 Å². The van der Waals surface area contributed by atoms with Crippen LogP contribution in [0.1, 0.15) is 24.1 Å². The van der Waals surface area contributed by atoms with E-state index in [-0.39, 0.29) is 0 Å². The van der Waals surface area contributed by atoms with Gasteiger partial charge >= 0.3 is 0 Å². The number of aromatic nitrogens is 3. The van der Waals surface area contributed by atoms with Crippen LogP contribution in [0.2, 0.25) is 0 Å². The lowest BCUT2D eigenvalue weighted by atomic mass is 9.96. The van der Waals surface area contributed by atoms with Crippen LogP contribution in [0.5, 0.6) is 0 Å². The summed E-state index contributed by atoms with van der Waals surface area (Å²) in [6.07, 6.45) is 9.35. The van der Waals surface area contributed by atoms with E-state index < -0.39 is 11.6 Å². The van der Waals surface area contributed by atoms with E-state index in [0.29, 0.717) is 27.6 Å². The van der Waals surface area contributed by atoms with Crippen molar-refractivity contribution in [1.82, 2.24) is 14.8 Å². The second-order valence-electron chi connectivity index (χ2n) is 8.26. The number of nitrogens with two attached hydrogens (primary N) is 1. The zero-order chi connectivity index (χ0) is 23.7. The topological polar surface area (TPSA) is 68.8 Å². The minimum atomic E-state index is -0.616. The van der Waals surface area contributed by atoms with Gasteiger partial charge in [-0.2, -0.15) is 5.10 Å². The number of rotatable bonds is 7. The molecule has 0 radical (unpaired) electrons. The van der Waals surface area contributed by atoms with Gasteiger partial charge in [-0.1, -0.05) is 6.07 Å². The molecule has 1 aliphatic rings. The van der Waals surface area contributed by atoms with E-state index >= 15 is 0 Å². The number of halogens is 2. The van der Waals surface area contributed by atoms with Crippen LogP contribution in [0, 0.1) is 11.6 Å². The predicted octanol–water partition coefficient (Wildman–Crippen LogP) is 6.00. The Balaban J connectivity index is 1.52. The van der Waals surface area contributed by atoms with Gasteiger partial charge in [-0.05, 0) is 72.3 Å². The Morgan fingerprint density at radius 3 is 2.56 bits per heavy atom. The van der Waals surface area contributed by atoms with Gasteiger partial charge in [0.1, 0.15) is 11.6 Å². The van der Waals surface area contributed by atoms with Gasteiger partial charge in [-0.3, -0.25) is 9.67 Å². The minimum absolute atomic E-state index is 0.318. The van der Waals surface area contributed by atoms with Crippen LogP contribution in [0.3, 0.4) is 0 Å². The van der Waals surface area contributed by atoms with Crippen molar-refractivity contribution < 1.29 is 8.78 Å². The van der Waals surface area contributed by atoms with Crippen molar-refractivity contribution in [2.24, 2.45) is 12.8 Å². The number of aryl methyl sites for hydroxylation is 1. The summed E-state index contributed by atoms with van der Waals surface area (Å²) in [5, 5.41) is 4.79. The van der Waals surface area contributed by atoms with Crippen molar-refractivity contribution in [1.29, 1.82) is 0 Å². The largest absolute Gasteiger partial charge is 0.404 e. The molecule has 0 bridgehead atoms. The van der Waals surface area contributed by atoms with Crippen molar-refractivity contribution in [2.45, 2.75) is 18.1 Å². The number of hydrogen-bond donors (Lipinski definition) is 2. The summed E-state index contributed by atoms with van der Waals surface area (Å²) in [6, 6.07) is 13.2. The fourth-order valence-corrected chi connectivity index (χ4v) is 4.47. The maximum Gasteiger partial charge on any atom is 0.133 e. The van der Waals surface area contributed by atoms with Crippen LogP contribution in [0.25, 0.3) is 27.8 Å². The number of hydrogen-bond acceptors (Lipinski definition) is 5. The first-order valence-corrected chi connectivity index (χ1v) is 11.8. The van der Waals surface area contributed by atoms with Crippen LogP contribution in [-0.2, 0) is 7.05 Å². The molecule has 5 nitrogen and oxygen atoms in total. The van der Waals surface area contributed by atoms with E-state index in [1.165, 1.54) is 31.2 Å². The average Bonchev–Trinajstić information content (AvgIpc) is 3.57. The third kappa shape index (κ3) is 4.82. The number of pyridine rings is 1. The van der Waals surface area contributed by atoms with Crippen LogP contribution < -0.4 is 10.5 Å². The SMILES string of the molecule is Cn1cc(-c2ccc(C(=CN)c3cc(NSC4CC4)cc(-c4ccc(F)cc4F)c3)nc2)cn1. The zero-order valence-electron chi connectivity index (χ0n) is 18.5. The molecule has 0 saturated heterocycles. The molecule has 1 saturated carbocycles. The maximum absolute atomic E-state index is 14.6. The molecule has 172 valence electrons. The van der Waals surface area contributed by atoms with E-state index in [1.807, 2.05) is 43.6 Å². The molecule has 2 aromatic heterocycles. The Bertz CT molecular complexity index is 1360. The third-order valence-electron chi connectivity index (χ3n) is 5.60. The summed E-state index contributed by atoms with van der Waals surface area (Å²) < 4.78 is 33.2. The number of nitrogens with zero attached hydrogens (tertiary/aromatic N) is 3. The first-order chi connectivity index (χ1) is 16.5. The first-order valence-electron chi connectivity index (χ1n) is 10.9.